The largest absolute Gasteiger partial charge is 0.347 e. The smallest absolute Gasteiger partial charge is 0.242 e. The molecule has 29 heavy (non-hydrogen) atoms. The van der Waals surface area contributed by atoms with Crippen LogP contribution in [0.25, 0.3) is 10.4 Å². The Morgan fingerprint density at radius 1 is 1.17 bits per heavy atom. The second-order valence-electron chi connectivity index (χ2n) is 7.97. The molecular weight excluding hydrogens is 406 g/mol. The molecule has 1 aliphatic heterocycles. The van der Waals surface area contributed by atoms with E-state index in [0.29, 0.717) is 19.0 Å². The third-order valence-corrected chi connectivity index (χ3v) is 7.09. The van der Waals surface area contributed by atoms with E-state index in [1.807, 2.05) is 23.1 Å². The number of amides is 2. The zero-order chi connectivity index (χ0) is 20.4. The standard InChI is InChI=1S/C22H26ClN3O2S/c1-15-11-19(15)22(28)24-13-21(27)26-9-7-25(8-10-26)14-18-5-6-20(29-18)16-3-2-4-17(23)12-16/h2-6,12,15,19H,7-11,13-14H2,1H3,(H,24,28). The highest BCUT2D eigenvalue weighted by Gasteiger charge is 2.39. The van der Waals surface area contributed by atoms with E-state index >= 15 is 0 Å². The van der Waals surface area contributed by atoms with Gasteiger partial charge in [-0.25, -0.2) is 0 Å². The maximum atomic E-state index is 12.4. The molecule has 5 nitrogen and oxygen atoms in total. The van der Waals surface area contributed by atoms with Crippen molar-refractivity contribution in [3.05, 3.63) is 46.3 Å². The van der Waals surface area contributed by atoms with Crippen molar-refractivity contribution in [1.29, 1.82) is 0 Å². The molecular formula is C22H26ClN3O2S. The molecule has 0 radical (unpaired) electrons. The summed E-state index contributed by atoms with van der Waals surface area (Å²) in [4.78, 5) is 31.0. The molecule has 2 unspecified atom stereocenters. The van der Waals surface area contributed by atoms with E-state index in [-0.39, 0.29) is 24.3 Å². The zero-order valence-corrected chi connectivity index (χ0v) is 18.1. The van der Waals surface area contributed by atoms with Crippen LogP contribution in [0.1, 0.15) is 18.2 Å². The summed E-state index contributed by atoms with van der Waals surface area (Å²) in [6.07, 6.45) is 0.945. The number of nitrogens with zero attached hydrogens (tertiary/aromatic N) is 2. The van der Waals surface area contributed by atoms with Crippen LogP contribution < -0.4 is 5.32 Å². The minimum absolute atomic E-state index is 0.0191. The number of carbonyl (C=O) groups is 2. The lowest BCUT2D eigenvalue weighted by molar-refractivity contribution is -0.134. The highest BCUT2D eigenvalue weighted by atomic mass is 35.5. The fraction of sp³-hybridized carbons (Fsp3) is 0.455. The van der Waals surface area contributed by atoms with E-state index < -0.39 is 0 Å². The average molecular weight is 432 g/mol. The normalized spacial score (nSPS) is 21.8. The van der Waals surface area contributed by atoms with E-state index in [1.54, 1.807) is 11.3 Å². The number of hydrogen-bond donors (Lipinski definition) is 1. The molecule has 1 saturated heterocycles. The summed E-state index contributed by atoms with van der Waals surface area (Å²) in [6, 6.07) is 12.2. The molecule has 1 saturated carbocycles. The van der Waals surface area contributed by atoms with Crippen molar-refractivity contribution in [3.63, 3.8) is 0 Å². The van der Waals surface area contributed by atoms with E-state index in [0.717, 1.165) is 36.6 Å². The number of benzene rings is 1. The van der Waals surface area contributed by atoms with Crippen molar-refractivity contribution in [2.45, 2.75) is 19.9 Å². The fourth-order valence-corrected chi connectivity index (χ4v) is 4.97. The number of carbonyl (C=O) groups excluding carboxylic acids is 2. The number of hydrogen-bond acceptors (Lipinski definition) is 4. The summed E-state index contributed by atoms with van der Waals surface area (Å²) >= 11 is 7.89. The number of nitrogens with one attached hydrogen (secondary N) is 1. The number of rotatable bonds is 6. The molecule has 4 rings (SSSR count). The molecule has 2 heterocycles. The first kappa shape index (κ1) is 20.4. The average Bonchev–Trinajstić information content (AvgIpc) is 3.27. The first-order valence-electron chi connectivity index (χ1n) is 10.1. The minimum atomic E-state index is 0.0191. The number of piperazine rings is 1. The van der Waals surface area contributed by atoms with Crippen LogP contribution in [0.4, 0.5) is 0 Å². The molecule has 1 aromatic heterocycles. The monoisotopic (exact) mass is 431 g/mol. The third-order valence-electron chi connectivity index (χ3n) is 5.74. The highest BCUT2D eigenvalue weighted by molar-refractivity contribution is 7.15. The van der Waals surface area contributed by atoms with Crippen LogP contribution in [0.5, 0.6) is 0 Å². The third kappa shape index (κ3) is 5.18. The quantitative estimate of drug-likeness (QED) is 0.761. The van der Waals surface area contributed by atoms with Gasteiger partial charge in [-0.15, -0.1) is 11.3 Å². The van der Waals surface area contributed by atoms with Crippen molar-refractivity contribution in [3.8, 4) is 10.4 Å². The predicted octanol–water partition coefficient (Wildman–Crippen LogP) is 3.48. The molecule has 2 amide bonds. The van der Waals surface area contributed by atoms with Gasteiger partial charge in [-0.05, 0) is 42.2 Å². The first-order valence-corrected chi connectivity index (χ1v) is 11.3. The Morgan fingerprint density at radius 2 is 1.93 bits per heavy atom. The summed E-state index contributed by atoms with van der Waals surface area (Å²) < 4.78 is 0. The van der Waals surface area contributed by atoms with E-state index in [2.05, 4.69) is 35.3 Å². The van der Waals surface area contributed by atoms with E-state index in [1.165, 1.54) is 9.75 Å². The van der Waals surface area contributed by atoms with Gasteiger partial charge in [-0.2, -0.15) is 0 Å². The molecule has 2 aliphatic rings. The van der Waals surface area contributed by atoms with Gasteiger partial charge in [-0.1, -0.05) is 30.7 Å². The van der Waals surface area contributed by atoms with Gasteiger partial charge >= 0.3 is 0 Å². The highest BCUT2D eigenvalue weighted by Crippen LogP contribution is 2.37. The van der Waals surface area contributed by atoms with Crippen LogP contribution in [-0.2, 0) is 16.1 Å². The second kappa shape index (κ2) is 8.86. The Labute approximate surface area is 180 Å². The molecule has 1 aromatic carbocycles. The van der Waals surface area contributed by atoms with Gasteiger partial charge in [0.25, 0.3) is 0 Å². The lowest BCUT2D eigenvalue weighted by atomic mass is 10.2. The summed E-state index contributed by atoms with van der Waals surface area (Å²) in [5, 5.41) is 3.54. The molecule has 0 bridgehead atoms. The van der Waals surface area contributed by atoms with Crippen molar-refractivity contribution < 1.29 is 9.59 Å². The molecule has 0 spiro atoms. The summed E-state index contributed by atoms with van der Waals surface area (Å²) in [6.45, 7) is 6.20. The van der Waals surface area contributed by atoms with Crippen molar-refractivity contribution in [2.24, 2.45) is 11.8 Å². The van der Waals surface area contributed by atoms with Gasteiger partial charge in [0.15, 0.2) is 0 Å². The van der Waals surface area contributed by atoms with Crippen LogP contribution in [0.3, 0.4) is 0 Å². The lowest BCUT2D eigenvalue weighted by Gasteiger charge is -2.34. The molecule has 154 valence electrons. The van der Waals surface area contributed by atoms with Gasteiger partial charge in [0.1, 0.15) is 0 Å². The van der Waals surface area contributed by atoms with E-state index in [9.17, 15) is 9.59 Å². The van der Waals surface area contributed by atoms with Gasteiger partial charge in [0.05, 0.1) is 6.54 Å². The Bertz CT molecular complexity index is 892. The Kier molecular flexibility index (Phi) is 6.23. The van der Waals surface area contributed by atoms with Crippen LogP contribution in [0, 0.1) is 11.8 Å². The Hall–Kier alpha value is -1.89. The van der Waals surface area contributed by atoms with Crippen LogP contribution in [0.15, 0.2) is 36.4 Å². The summed E-state index contributed by atoms with van der Waals surface area (Å²) in [7, 11) is 0. The maximum Gasteiger partial charge on any atom is 0.242 e. The lowest BCUT2D eigenvalue weighted by Crippen LogP contribution is -2.50. The van der Waals surface area contributed by atoms with Gasteiger partial charge < -0.3 is 10.2 Å². The maximum absolute atomic E-state index is 12.4. The van der Waals surface area contributed by atoms with E-state index in [4.69, 9.17) is 11.6 Å². The number of thiophene rings is 1. The predicted molar refractivity (Wildman–Crippen MR) is 117 cm³/mol. The summed E-state index contributed by atoms with van der Waals surface area (Å²) in [5.74, 6) is 0.621. The van der Waals surface area contributed by atoms with Crippen molar-refractivity contribution in [2.75, 3.05) is 32.7 Å². The summed E-state index contributed by atoms with van der Waals surface area (Å²) in [5.41, 5.74) is 1.15. The SMILES string of the molecule is CC1CC1C(=O)NCC(=O)N1CCN(Cc2ccc(-c3cccc(Cl)c3)s2)CC1. The van der Waals surface area contributed by atoms with Crippen molar-refractivity contribution >= 4 is 34.8 Å². The van der Waals surface area contributed by atoms with Crippen LogP contribution in [-0.4, -0.2) is 54.3 Å². The van der Waals surface area contributed by atoms with Gasteiger partial charge in [0, 0.05) is 53.4 Å². The van der Waals surface area contributed by atoms with Gasteiger partial charge in [-0.3, -0.25) is 14.5 Å². The zero-order valence-electron chi connectivity index (χ0n) is 16.6. The van der Waals surface area contributed by atoms with Crippen LogP contribution in [0.2, 0.25) is 5.02 Å². The first-order chi connectivity index (χ1) is 14.0. The molecule has 2 atom stereocenters. The minimum Gasteiger partial charge on any atom is -0.347 e. The van der Waals surface area contributed by atoms with Crippen LogP contribution >= 0.6 is 22.9 Å². The molecule has 2 aromatic rings. The molecule has 1 aliphatic carbocycles. The Morgan fingerprint density at radius 3 is 2.62 bits per heavy atom. The number of halogens is 1. The fourth-order valence-electron chi connectivity index (χ4n) is 3.73. The Balaban J connectivity index is 1.23. The molecule has 2 fully saturated rings. The molecule has 7 heteroatoms. The molecule has 1 N–H and O–H groups in total. The van der Waals surface area contributed by atoms with Crippen molar-refractivity contribution in [1.82, 2.24) is 15.1 Å². The van der Waals surface area contributed by atoms with Gasteiger partial charge in [0.2, 0.25) is 11.8 Å². The second-order valence-corrected chi connectivity index (χ2v) is 9.58. The topological polar surface area (TPSA) is 52.7 Å².